The normalized spacial score (nSPS) is 38.9. The van der Waals surface area contributed by atoms with Crippen LogP contribution in [0.1, 0.15) is 45.4 Å². The molecule has 1 heterocycles. The molecule has 2 fully saturated rings. The summed E-state index contributed by atoms with van der Waals surface area (Å²) in [7, 11) is 0. The SMILES string of the molecule is CC1CCC(C#N)(C2(O)CCNCC2)CC1. The van der Waals surface area contributed by atoms with Crippen LogP contribution in [-0.2, 0) is 0 Å². The van der Waals surface area contributed by atoms with E-state index < -0.39 is 11.0 Å². The van der Waals surface area contributed by atoms with Crippen LogP contribution in [0.4, 0.5) is 0 Å². The van der Waals surface area contributed by atoms with Crippen LogP contribution in [0.5, 0.6) is 0 Å². The highest BCUT2D eigenvalue weighted by atomic mass is 16.3. The van der Waals surface area contributed by atoms with E-state index in [1.807, 2.05) is 0 Å². The molecule has 0 radical (unpaired) electrons. The van der Waals surface area contributed by atoms with Gasteiger partial charge in [0.2, 0.25) is 0 Å². The topological polar surface area (TPSA) is 56.0 Å². The summed E-state index contributed by atoms with van der Waals surface area (Å²) >= 11 is 0. The molecule has 0 aromatic rings. The lowest BCUT2D eigenvalue weighted by Crippen LogP contribution is -2.54. The Labute approximate surface area is 97.8 Å². The summed E-state index contributed by atoms with van der Waals surface area (Å²) in [4.78, 5) is 0. The maximum absolute atomic E-state index is 10.8. The number of nitrogens with one attached hydrogen (secondary N) is 1. The number of nitriles is 1. The first-order valence-electron chi connectivity index (χ1n) is 6.46. The third-order valence-corrected chi connectivity index (χ3v) is 4.66. The highest BCUT2D eigenvalue weighted by molar-refractivity contribution is 5.14. The molecule has 0 spiro atoms. The fourth-order valence-corrected chi connectivity index (χ4v) is 3.26. The van der Waals surface area contributed by atoms with Crippen molar-refractivity contribution in [2.24, 2.45) is 11.3 Å². The first-order chi connectivity index (χ1) is 7.62. The predicted octanol–water partition coefficient (Wildman–Crippen LogP) is 1.82. The monoisotopic (exact) mass is 222 g/mol. The Hall–Kier alpha value is -0.590. The lowest BCUT2D eigenvalue weighted by Gasteiger charge is -2.48. The average Bonchev–Trinajstić information content (AvgIpc) is 2.31. The van der Waals surface area contributed by atoms with Crippen LogP contribution < -0.4 is 5.32 Å². The third kappa shape index (κ3) is 1.85. The molecule has 1 saturated heterocycles. The van der Waals surface area contributed by atoms with E-state index in [1.165, 1.54) is 0 Å². The molecule has 1 saturated carbocycles. The number of piperidine rings is 1. The molecule has 0 amide bonds. The molecule has 16 heavy (non-hydrogen) atoms. The Balaban J connectivity index is 2.17. The lowest BCUT2D eigenvalue weighted by atomic mass is 9.59. The Morgan fingerprint density at radius 1 is 1.19 bits per heavy atom. The van der Waals surface area contributed by atoms with E-state index in [1.54, 1.807) is 0 Å². The van der Waals surface area contributed by atoms with Crippen LogP contribution >= 0.6 is 0 Å². The Morgan fingerprint density at radius 3 is 2.25 bits per heavy atom. The van der Waals surface area contributed by atoms with Gasteiger partial charge in [0.05, 0.1) is 17.1 Å². The molecule has 0 bridgehead atoms. The second kappa shape index (κ2) is 4.35. The van der Waals surface area contributed by atoms with Crippen LogP contribution in [-0.4, -0.2) is 23.8 Å². The van der Waals surface area contributed by atoms with E-state index in [9.17, 15) is 10.4 Å². The molecule has 0 aromatic carbocycles. The number of rotatable bonds is 1. The van der Waals surface area contributed by atoms with E-state index in [2.05, 4.69) is 18.3 Å². The molecule has 2 rings (SSSR count). The minimum atomic E-state index is -0.743. The van der Waals surface area contributed by atoms with Gasteiger partial charge in [-0.3, -0.25) is 0 Å². The van der Waals surface area contributed by atoms with Crippen molar-refractivity contribution >= 4 is 0 Å². The number of aliphatic hydroxyl groups is 1. The van der Waals surface area contributed by atoms with Crippen molar-refractivity contribution in [1.82, 2.24) is 5.32 Å². The van der Waals surface area contributed by atoms with E-state index in [4.69, 9.17) is 0 Å². The van der Waals surface area contributed by atoms with Crippen molar-refractivity contribution in [3.05, 3.63) is 0 Å². The van der Waals surface area contributed by atoms with Gasteiger partial charge in [0.15, 0.2) is 0 Å². The summed E-state index contributed by atoms with van der Waals surface area (Å²) in [6.07, 6.45) is 5.39. The van der Waals surface area contributed by atoms with Gasteiger partial charge in [0.25, 0.3) is 0 Å². The maximum atomic E-state index is 10.8. The standard InChI is InChI=1S/C13H22N2O/c1-11-2-4-12(10-14,5-3-11)13(16)6-8-15-9-7-13/h11,15-16H,2-9H2,1H3. The van der Waals surface area contributed by atoms with Crippen LogP contribution in [0.3, 0.4) is 0 Å². The zero-order valence-corrected chi connectivity index (χ0v) is 10.1. The first kappa shape index (κ1) is 11.9. The smallest absolute Gasteiger partial charge is 0.0861 e. The van der Waals surface area contributed by atoms with E-state index in [0.717, 1.165) is 51.6 Å². The van der Waals surface area contributed by atoms with Crippen molar-refractivity contribution in [3.8, 4) is 6.07 Å². The van der Waals surface area contributed by atoms with Gasteiger partial charge in [-0.25, -0.2) is 0 Å². The van der Waals surface area contributed by atoms with Gasteiger partial charge >= 0.3 is 0 Å². The van der Waals surface area contributed by atoms with Gasteiger partial charge in [-0.15, -0.1) is 0 Å². The summed E-state index contributed by atoms with van der Waals surface area (Å²) in [6.45, 7) is 3.93. The fraction of sp³-hybridized carbons (Fsp3) is 0.923. The van der Waals surface area contributed by atoms with Gasteiger partial charge in [0.1, 0.15) is 0 Å². The average molecular weight is 222 g/mol. The molecule has 1 aliphatic heterocycles. The molecule has 2 aliphatic rings. The lowest BCUT2D eigenvalue weighted by molar-refractivity contribution is -0.0964. The number of hydrogen-bond donors (Lipinski definition) is 2. The second-order valence-corrected chi connectivity index (χ2v) is 5.66. The fourth-order valence-electron chi connectivity index (χ4n) is 3.26. The molecule has 1 aliphatic carbocycles. The molecule has 2 N–H and O–H groups in total. The summed E-state index contributed by atoms with van der Waals surface area (Å²) < 4.78 is 0. The van der Waals surface area contributed by atoms with Crippen molar-refractivity contribution in [1.29, 1.82) is 5.26 Å². The van der Waals surface area contributed by atoms with Crippen molar-refractivity contribution < 1.29 is 5.11 Å². The van der Waals surface area contributed by atoms with Crippen molar-refractivity contribution in [2.75, 3.05) is 13.1 Å². The molecule has 0 aromatic heterocycles. The Bertz CT molecular complexity index is 281. The highest BCUT2D eigenvalue weighted by Crippen LogP contribution is 2.49. The van der Waals surface area contributed by atoms with Gasteiger partial charge in [-0.1, -0.05) is 6.92 Å². The predicted molar refractivity (Wildman–Crippen MR) is 62.7 cm³/mol. The van der Waals surface area contributed by atoms with Crippen molar-refractivity contribution in [3.63, 3.8) is 0 Å². The highest BCUT2D eigenvalue weighted by Gasteiger charge is 2.51. The minimum absolute atomic E-state index is 0.471. The summed E-state index contributed by atoms with van der Waals surface area (Å²) in [5.41, 5.74) is -1.21. The Morgan fingerprint density at radius 2 is 1.75 bits per heavy atom. The zero-order chi connectivity index (χ0) is 11.6. The second-order valence-electron chi connectivity index (χ2n) is 5.66. The summed E-state index contributed by atoms with van der Waals surface area (Å²) in [5.74, 6) is 0.715. The van der Waals surface area contributed by atoms with Gasteiger partial charge in [0, 0.05) is 0 Å². The molecule has 3 heteroatoms. The quantitative estimate of drug-likeness (QED) is 0.711. The zero-order valence-electron chi connectivity index (χ0n) is 10.1. The van der Waals surface area contributed by atoms with E-state index in [0.29, 0.717) is 5.92 Å². The van der Waals surface area contributed by atoms with Gasteiger partial charge in [-0.2, -0.15) is 5.26 Å². The molecule has 90 valence electrons. The van der Waals surface area contributed by atoms with Crippen LogP contribution in [0, 0.1) is 22.7 Å². The molecular weight excluding hydrogens is 200 g/mol. The third-order valence-electron chi connectivity index (χ3n) is 4.66. The molecular formula is C13H22N2O. The largest absolute Gasteiger partial charge is 0.388 e. The number of nitrogens with zero attached hydrogens (tertiary/aromatic N) is 1. The summed E-state index contributed by atoms with van der Waals surface area (Å²) in [6, 6.07) is 2.47. The summed E-state index contributed by atoms with van der Waals surface area (Å²) in [5, 5.41) is 23.5. The van der Waals surface area contributed by atoms with Crippen molar-refractivity contribution in [2.45, 2.75) is 51.0 Å². The number of hydrogen-bond acceptors (Lipinski definition) is 3. The van der Waals surface area contributed by atoms with Crippen LogP contribution in [0.15, 0.2) is 0 Å². The van der Waals surface area contributed by atoms with E-state index in [-0.39, 0.29) is 0 Å². The van der Waals surface area contributed by atoms with Gasteiger partial charge in [-0.05, 0) is 57.5 Å². The molecule has 0 atom stereocenters. The maximum Gasteiger partial charge on any atom is 0.0861 e. The molecule has 0 unspecified atom stereocenters. The van der Waals surface area contributed by atoms with Gasteiger partial charge < -0.3 is 10.4 Å². The minimum Gasteiger partial charge on any atom is -0.388 e. The first-order valence-corrected chi connectivity index (χ1v) is 6.46. The van der Waals surface area contributed by atoms with Crippen LogP contribution in [0.2, 0.25) is 0 Å². The Kier molecular flexibility index (Phi) is 3.23. The van der Waals surface area contributed by atoms with E-state index >= 15 is 0 Å². The van der Waals surface area contributed by atoms with Crippen LogP contribution in [0.25, 0.3) is 0 Å². The molecule has 3 nitrogen and oxygen atoms in total.